The molecule has 1 aliphatic heterocycles. The van der Waals surface area contributed by atoms with E-state index in [1.807, 2.05) is 24.3 Å². The summed E-state index contributed by atoms with van der Waals surface area (Å²) < 4.78 is 17.8. The molecule has 1 aliphatic rings. The molecule has 3 heterocycles. The molecule has 1 unspecified atom stereocenters. The minimum atomic E-state index is 0.120. The van der Waals surface area contributed by atoms with Gasteiger partial charge in [-0.05, 0) is 40.3 Å². The van der Waals surface area contributed by atoms with Crippen molar-refractivity contribution in [1.29, 1.82) is 0 Å². The van der Waals surface area contributed by atoms with Crippen LogP contribution in [0.1, 0.15) is 11.6 Å². The summed E-state index contributed by atoms with van der Waals surface area (Å²) in [5.74, 6) is 2.13. The summed E-state index contributed by atoms with van der Waals surface area (Å²) in [4.78, 5) is 2.40. The molecule has 0 saturated carbocycles. The van der Waals surface area contributed by atoms with Gasteiger partial charge in [0, 0.05) is 19.6 Å². The third kappa shape index (κ3) is 3.82. The first-order valence-corrected chi connectivity index (χ1v) is 9.11. The van der Waals surface area contributed by atoms with Crippen LogP contribution in [0, 0.1) is 0 Å². The number of anilines is 1. The molecule has 28 heavy (non-hydrogen) atoms. The van der Waals surface area contributed by atoms with Gasteiger partial charge in [-0.3, -0.25) is 4.90 Å². The third-order valence-electron chi connectivity index (χ3n) is 4.82. The SMILES string of the molecule is COc1ccc(C(CNc2ccc3nnnn3n2)N2CCOCC2)cc1OC. The Hall–Kier alpha value is -2.98. The van der Waals surface area contributed by atoms with Crippen molar-refractivity contribution >= 4 is 11.5 Å². The molecule has 1 atom stereocenters. The molecule has 0 aliphatic carbocycles. The molecule has 2 aromatic heterocycles. The highest BCUT2D eigenvalue weighted by atomic mass is 16.5. The molecule has 3 aromatic rings. The Bertz CT molecular complexity index is 926. The number of morpholine rings is 1. The standard InChI is InChI=1S/C18H23N7O3/c1-26-15-4-3-13(11-16(15)27-2)14(24-7-9-28-10-8-24)12-19-17-5-6-18-20-22-23-25(18)21-17/h3-6,11,14H,7-10,12H2,1-2H3,(H,19,21). The second kappa shape index (κ2) is 8.36. The van der Waals surface area contributed by atoms with Crippen molar-refractivity contribution in [3.8, 4) is 11.5 Å². The fourth-order valence-corrected chi connectivity index (χ4v) is 3.35. The molecule has 0 amide bonds. The zero-order chi connectivity index (χ0) is 19.3. The summed E-state index contributed by atoms with van der Waals surface area (Å²) in [6, 6.07) is 9.86. The van der Waals surface area contributed by atoms with E-state index in [0.29, 0.717) is 29.5 Å². The van der Waals surface area contributed by atoms with Gasteiger partial charge in [0.15, 0.2) is 17.1 Å². The first-order chi connectivity index (χ1) is 13.8. The highest BCUT2D eigenvalue weighted by molar-refractivity contribution is 5.45. The lowest BCUT2D eigenvalue weighted by atomic mass is 10.0. The Labute approximate surface area is 162 Å². The molecular weight excluding hydrogens is 362 g/mol. The molecule has 0 bridgehead atoms. The van der Waals surface area contributed by atoms with E-state index in [9.17, 15) is 0 Å². The first-order valence-electron chi connectivity index (χ1n) is 9.11. The van der Waals surface area contributed by atoms with Crippen LogP contribution >= 0.6 is 0 Å². The fraction of sp³-hybridized carbons (Fsp3) is 0.444. The second-order valence-electron chi connectivity index (χ2n) is 6.40. The number of nitrogens with one attached hydrogen (secondary N) is 1. The number of hydrogen-bond donors (Lipinski definition) is 1. The van der Waals surface area contributed by atoms with Gasteiger partial charge < -0.3 is 19.5 Å². The van der Waals surface area contributed by atoms with E-state index in [2.05, 4.69) is 36.9 Å². The van der Waals surface area contributed by atoms with Crippen LogP contribution in [0.25, 0.3) is 5.65 Å². The molecule has 1 aromatic carbocycles. The molecule has 10 heteroatoms. The second-order valence-corrected chi connectivity index (χ2v) is 6.40. The monoisotopic (exact) mass is 385 g/mol. The van der Waals surface area contributed by atoms with Crippen LogP contribution in [0.15, 0.2) is 30.3 Å². The average molecular weight is 385 g/mol. The van der Waals surface area contributed by atoms with Crippen molar-refractivity contribution in [3.63, 3.8) is 0 Å². The molecule has 0 radical (unpaired) electrons. The molecular formula is C18H23N7O3. The zero-order valence-electron chi connectivity index (χ0n) is 15.9. The number of nitrogens with zero attached hydrogens (tertiary/aromatic N) is 6. The number of fused-ring (bicyclic) bond motifs is 1. The predicted molar refractivity (Wildman–Crippen MR) is 102 cm³/mol. The molecule has 0 spiro atoms. The Morgan fingerprint density at radius 2 is 1.93 bits per heavy atom. The molecule has 148 valence electrons. The lowest BCUT2D eigenvalue weighted by Crippen LogP contribution is -2.41. The van der Waals surface area contributed by atoms with Crippen molar-refractivity contribution in [2.45, 2.75) is 6.04 Å². The van der Waals surface area contributed by atoms with Gasteiger partial charge in [-0.2, -0.15) is 0 Å². The summed E-state index contributed by atoms with van der Waals surface area (Å²) in [7, 11) is 3.29. The van der Waals surface area contributed by atoms with Gasteiger partial charge in [0.2, 0.25) is 0 Å². The van der Waals surface area contributed by atoms with Gasteiger partial charge in [0.25, 0.3) is 0 Å². The summed E-state index contributed by atoms with van der Waals surface area (Å²) in [6.07, 6.45) is 0. The first kappa shape index (κ1) is 18.4. The lowest BCUT2D eigenvalue weighted by Gasteiger charge is -2.35. The minimum absolute atomic E-state index is 0.120. The predicted octanol–water partition coefficient (Wildman–Crippen LogP) is 1.02. The molecule has 1 saturated heterocycles. The molecule has 4 rings (SSSR count). The normalized spacial score (nSPS) is 16.1. The van der Waals surface area contributed by atoms with Gasteiger partial charge >= 0.3 is 0 Å². The summed E-state index contributed by atoms with van der Waals surface area (Å²) >= 11 is 0. The van der Waals surface area contributed by atoms with E-state index < -0.39 is 0 Å². The minimum Gasteiger partial charge on any atom is -0.493 e. The number of hydrogen-bond acceptors (Lipinski definition) is 9. The fourth-order valence-electron chi connectivity index (χ4n) is 3.35. The number of aromatic nitrogens is 5. The molecule has 1 N–H and O–H groups in total. The maximum absolute atomic E-state index is 5.52. The third-order valence-corrected chi connectivity index (χ3v) is 4.82. The van der Waals surface area contributed by atoms with Crippen LogP contribution in [0.5, 0.6) is 11.5 Å². The Morgan fingerprint density at radius 3 is 2.71 bits per heavy atom. The molecule has 10 nitrogen and oxygen atoms in total. The van der Waals surface area contributed by atoms with Gasteiger partial charge in [-0.1, -0.05) is 6.07 Å². The quantitative estimate of drug-likeness (QED) is 0.639. The van der Waals surface area contributed by atoms with E-state index >= 15 is 0 Å². The van der Waals surface area contributed by atoms with E-state index in [4.69, 9.17) is 14.2 Å². The Morgan fingerprint density at radius 1 is 1.11 bits per heavy atom. The van der Waals surface area contributed by atoms with Gasteiger partial charge in [-0.25, -0.2) is 0 Å². The number of methoxy groups -OCH3 is 2. The summed E-state index contributed by atoms with van der Waals surface area (Å²) in [5, 5.41) is 19.1. The van der Waals surface area contributed by atoms with E-state index in [1.54, 1.807) is 14.2 Å². The van der Waals surface area contributed by atoms with Crippen molar-refractivity contribution in [1.82, 2.24) is 30.2 Å². The maximum Gasteiger partial charge on any atom is 0.200 e. The van der Waals surface area contributed by atoms with Crippen molar-refractivity contribution < 1.29 is 14.2 Å². The van der Waals surface area contributed by atoms with E-state index in [0.717, 1.165) is 31.9 Å². The van der Waals surface area contributed by atoms with Gasteiger partial charge in [-0.15, -0.1) is 14.8 Å². The number of benzene rings is 1. The van der Waals surface area contributed by atoms with Gasteiger partial charge in [0.1, 0.15) is 5.82 Å². The van der Waals surface area contributed by atoms with Crippen molar-refractivity contribution in [3.05, 3.63) is 35.9 Å². The average Bonchev–Trinajstić information content (AvgIpc) is 3.22. The van der Waals surface area contributed by atoms with Gasteiger partial charge in [0.05, 0.1) is 33.5 Å². The Balaban J connectivity index is 1.57. The van der Waals surface area contributed by atoms with Crippen LogP contribution in [0.4, 0.5) is 5.82 Å². The number of ether oxygens (including phenoxy) is 3. The maximum atomic E-state index is 5.52. The van der Waals surface area contributed by atoms with Crippen molar-refractivity contribution in [2.75, 3.05) is 52.4 Å². The highest BCUT2D eigenvalue weighted by Crippen LogP contribution is 2.32. The number of tetrazole rings is 1. The number of rotatable bonds is 7. The smallest absolute Gasteiger partial charge is 0.200 e. The Kier molecular flexibility index (Phi) is 5.49. The largest absolute Gasteiger partial charge is 0.493 e. The lowest BCUT2D eigenvalue weighted by molar-refractivity contribution is 0.0186. The van der Waals surface area contributed by atoms with E-state index in [-0.39, 0.29) is 6.04 Å². The zero-order valence-corrected chi connectivity index (χ0v) is 15.9. The summed E-state index contributed by atoms with van der Waals surface area (Å²) in [5.41, 5.74) is 1.74. The van der Waals surface area contributed by atoms with Crippen LogP contribution in [0.2, 0.25) is 0 Å². The van der Waals surface area contributed by atoms with Crippen LogP contribution in [-0.2, 0) is 4.74 Å². The molecule has 1 fully saturated rings. The summed E-state index contributed by atoms with van der Waals surface area (Å²) in [6.45, 7) is 3.83. The van der Waals surface area contributed by atoms with Crippen LogP contribution in [-0.4, -0.2) is 77.2 Å². The van der Waals surface area contributed by atoms with Crippen molar-refractivity contribution in [2.24, 2.45) is 0 Å². The highest BCUT2D eigenvalue weighted by Gasteiger charge is 2.24. The topological polar surface area (TPSA) is 98.9 Å². The van der Waals surface area contributed by atoms with Crippen LogP contribution < -0.4 is 14.8 Å². The van der Waals surface area contributed by atoms with E-state index in [1.165, 1.54) is 4.63 Å². The van der Waals surface area contributed by atoms with Crippen LogP contribution in [0.3, 0.4) is 0 Å².